The molecule has 0 aliphatic carbocycles. The second-order valence-corrected chi connectivity index (χ2v) is 9.69. The highest BCUT2D eigenvalue weighted by molar-refractivity contribution is 7.89. The molecule has 3 aromatic rings. The van der Waals surface area contributed by atoms with E-state index in [1.807, 2.05) is 55.5 Å². The van der Waals surface area contributed by atoms with Crippen LogP contribution in [-0.2, 0) is 10.0 Å². The van der Waals surface area contributed by atoms with Crippen LogP contribution in [0.4, 0.5) is 11.6 Å². The van der Waals surface area contributed by atoms with Gasteiger partial charge in [-0.25, -0.2) is 23.1 Å². The van der Waals surface area contributed by atoms with Gasteiger partial charge in [0, 0.05) is 32.2 Å². The van der Waals surface area contributed by atoms with Crippen molar-refractivity contribution in [2.24, 2.45) is 0 Å². The number of aryl methyl sites for hydroxylation is 1. The number of sulfonamides is 1. The van der Waals surface area contributed by atoms with Crippen molar-refractivity contribution >= 4 is 21.7 Å². The van der Waals surface area contributed by atoms with Gasteiger partial charge in [0.1, 0.15) is 17.5 Å². The Kier molecular flexibility index (Phi) is 7.02. The van der Waals surface area contributed by atoms with E-state index in [9.17, 15) is 8.42 Å². The van der Waals surface area contributed by atoms with Crippen LogP contribution >= 0.6 is 0 Å². The van der Waals surface area contributed by atoms with Crippen molar-refractivity contribution in [2.75, 3.05) is 36.4 Å². The Morgan fingerprint density at radius 1 is 0.875 bits per heavy atom. The first-order chi connectivity index (χ1) is 15.5. The quantitative estimate of drug-likeness (QED) is 0.506. The zero-order valence-electron chi connectivity index (χ0n) is 18.3. The van der Waals surface area contributed by atoms with Gasteiger partial charge in [-0.15, -0.1) is 0 Å². The maximum absolute atomic E-state index is 12.6. The largest absolute Gasteiger partial charge is 0.369 e. The van der Waals surface area contributed by atoms with Crippen LogP contribution in [0.15, 0.2) is 65.6 Å². The molecule has 1 saturated heterocycles. The molecule has 0 spiro atoms. The van der Waals surface area contributed by atoms with Crippen LogP contribution in [0.2, 0.25) is 0 Å². The van der Waals surface area contributed by atoms with Crippen molar-refractivity contribution in [3.8, 4) is 11.1 Å². The first-order valence-corrected chi connectivity index (χ1v) is 12.5. The van der Waals surface area contributed by atoms with E-state index in [4.69, 9.17) is 0 Å². The van der Waals surface area contributed by atoms with Crippen molar-refractivity contribution < 1.29 is 8.42 Å². The molecule has 2 heterocycles. The summed E-state index contributed by atoms with van der Waals surface area (Å²) in [4.78, 5) is 11.5. The molecule has 0 saturated carbocycles. The molecule has 2 aromatic carbocycles. The average molecular weight is 452 g/mol. The molecule has 4 rings (SSSR count). The van der Waals surface area contributed by atoms with E-state index in [-0.39, 0.29) is 11.4 Å². The summed E-state index contributed by atoms with van der Waals surface area (Å²) in [5.41, 5.74) is 2.03. The predicted molar refractivity (Wildman–Crippen MR) is 128 cm³/mol. The molecule has 0 unspecified atom stereocenters. The number of hydrogen-bond donors (Lipinski definition) is 2. The van der Waals surface area contributed by atoms with Gasteiger partial charge in [0.25, 0.3) is 0 Å². The van der Waals surface area contributed by atoms with Gasteiger partial charge in [0.05, 0.1) is 4.90 Å². The second-order valence-electron chi connectivity index (χ2n) is 7.92. The monoisotopic (exact) mass is 451 g/mol. The Hall–Kier alpha value is -2.97. The van der Waals surface area contributed by atoms with E-state index in [0.717, 1.165) is 30.0 Å². The van der Waals surface area contributed by atoms with E-state index in [0.29, 0.717) is 18.2 Å². The minimum absolute atomic E-state index is 0.252. The first-order valence-electron chi connectivity index (χ1n) is 11.0. The Balaban J connectivity index is 1.32. The van der Waals surface area contributed by atoms with Crippen molar-refractivity contribution in [3.05, 3.63) is 66.5 Å². The molecular weight excluding hydrogens is 422 g/mol. The van der Waals surface area contributed by atoms with E-state index in [2.05, 4.69) is 24.9 Å². The van der Waals surface area contributed by atoms with Crippen LogP contribution < -0.4 is 14.9 Å². The van der Waals surface area contributed by atoms with Crippen molar-refractivity contribution in [3.63, 3.8) is 0 Å². The molecule has 2 N–H and O–H groups in total. The number of nitrogens with zero attached hydrogens (tertiary/aromatic N) is 3. The van der Waals surface area contributed by atoms with Crippen molar-refractivity contribution in [2.45, 2.75) is 31.1 Å². The molecule has 1 aliphatic rings. The molecule has 168 valence electrons. The standard InChI is InChI=1S/C24H29N5O2S/c1-19-27-23(18-24(28-19)29-16-6-3-7-17-29)25-14-15-26-32(30,31)22-12-10-21(11-13-22)20-8-4-2-5-9-20/h2,4-5,8-13,18,26H,3,6-7,14-17H2,1H3,(H,25,27,28). The minimum Gasteiger partial charge on any atom is -0.369 e. The zero-order chi connectivity index (χ0) is 22.4. The fraction of sp³-hybridized carbons (Fsp3) is 0.333. The molecule has 1 aliphatic heterocycles. The van der Waals surface area contributed by atoms with E-state index in [1.54, 1.807) is 12.1 Å². The second kappa shape index (κ2) is 10.1. The number of benzene rings is 2. The van der Waals surface area contributed by atoms with Gasteiger partial charge >= 0.3 is 0 Å². The minimum atomic E-state index is -3.58. The van der Waals surface area contributed by atoms with Crippen LogP contribution in [0.25, 0.3) is 11.1 Å². The lowest BCUT2D eigenvalue weighted by molar-refractivity contribution is 0.572. The first kappa shape index (κ1) is 22.2. The molecule has 8 heteroatoms. The Bertz CT molecular complexity index is 1130. The number of anilines is 2. The molecule has 0 bridgehead atoms. The predicted octanol–water partition coefficient (Wildman–Crippen LogP) is 3.83. The average Bonchev–Trinajstić information content (AvgIpc) is 2.83. The lowest BCUT2D eigenvalue weighted by Crippen LogP contribution is -2.31. The number of piperidine rings is 1. The number of nitrogens with one attached hydrogen (secondary N) is 2. The zero-order valence-corrected chi connectivity index (χ0v) is 19.1. The maximum atomic E-state index is 12.6. The van der Waals surface area contributed by atoms with E-state index >= 15 is 0 Å². The summed E-state index contributed by atoms with van der Waals surface area (Å²) >= 11 is 0. The van der Waals surface area contributed by atoms with Crippen LogP contribution in [-0.4, -0.2) is 44.6 Å². The summed E-state index contributed by atoms with van der Waals surface area (Å²) in [6, 6.07) is 18.7. The highest BCUT2D eigenvalue weighted by Crippen LogP contribution is 2.22. The fourth-order valence-corrected chi connectivity index (χ4v) is 4.88. The summed E-state index contributed by atoms with van der Waals surface area (Å²) in [6.45, 7) is 4.58. The van der Waals surface area contributed by atoms with Crippen LogP contribution in [0.1, 0.15) is 25.1 Å². The molecule has 0 atom stereocenters. The summed E-state index contributed by atoms with van der Waals surface area (Å²) in [5, 5.41) is 3.21. The van der Waals surface area contributed by atoms with Crippen LogP contribution in [0, 0.1) is 6.92 Å². The van der Waals surface area contributed by atoms with Crippen LogP contribution in [0.3, 0.4) is 0 Å². The third kappa shape index (κ3) is 5.63. The lowest BCUT2D eigenvalue weighted by atomic mass is 10.1. The summed E-state index contributed by atoms with van der Waals surface area (Å²) < 4.78 is 27.9. The molecule has 0 amide bonds. The fourth-order valence-electron chi connectivity index (χ4n) is 3.84. The van der Waals surface area contributed by atoms with Crippen molar-refractivity contribution in [1.82, 2.24) is 14.7 Å². The van der Waals surface area contributed by atoms with Gasteiger partial charge in [-0.3, -0.25) is 0 Å². The SMILES string of the molecule is Cc1nc(NCCNS(=O)(=O)c2ccc(-c3ccccc3)cc2)cc(N2CCCCC2)n1. The van der Waals surface area contributed by atoms with Gasteiger partial charge in [-0.05, 0) is 49.4 Å². The van der Waals surface area contributed by atoms with Crippen LogP contribution in [0.5, 0.6) is 0 Å². The van der Waals surface area contributed by atoms with Gasteiger partial charge in [0.15, 0.2) is 0 Å². The molecule has 32 heavy (non-hydrogen) atoms. The Labute approximate surface area is 190 Å². The smallest absolute Gasteiger partial charge is 0.240 e. The molecule has 0 radical (unpaired) electrons. The van der Waals surface area contributed by atoms with Gasteiger partial charge in [-0.2, -0.15) is 0 Å². The Morgan fingerprint density at radius 3 is 2.28 bits per heavy atom. The normalized spacial score (nSPS) is 14.3. The molecule has 1 aromatic heterocycles. The molecule has 7 nitrogen and oxygen atoms in total. The summed E-state index contributed by atoms with van der Waals surface area (Å²) in [6.07, 6.45) is 3.63. The van der Waals surface area contributed by atoms with E-state index < -0.39 is 10.0 Å². The number of rotatable bonds is 8. The van der Waals surface area contributed by atoms with Gasteiger partial charge < -0.3 is 10.2 Å². The van der Waals surface area contributed by atoms with E-state index in [1.165, 1.54) is 19.3 Å². The Morgan fingerprint density at radius 2 is 1.56 bits per heavy atom. The van der Waals surface area contributed by atoms with Crippen molar-refractivity contribution in [1.29, 1.82) is 0 Å². The molecular formula is C24H29N5O2S. The highest BCUT2D eigenvalue weighted by atomic mass is 32.2. The van der Waals surface area contributed by atoms with Gasteiger partial charge in [0.2, 0.25) is 10.0 Å². The number of aromatic nitrogens is 2. The lowest BCUT2D eigenvalue weighted by Gasteiger charge is -2.28. The molecule has 1 fully saturated rings. The third-order valence-corrected chi connectivity index (χ3v) is 6.98. The summed E-state index contributed by atoms with van der Waals surface area (Å²) in [7, 11) is -3.58. The van der Waals surface area contributed by atoms with Gasteiger partial charge in [-0.1, -0.05) is 42.5 Å². The number of hydrogen-bond acceptors (Lipinski definition) is 6. The third-order valence-electron chi connectivity index (χ3n) is 5.50. The topological polar surface area (TPSA) is 87.2 Å². The summed E-state index contributed by atoms with van der Waals surface area (Å²) in [5.74, 6) is 2.35. The maximum Gasteiger partial charge on any atom is 0.240 e. The highest BCUT2D eigenvalue weighted by Gasteiger charge is 2.15.